The fraction of sp³-hybridized carbons (Fsp3) is 0.176. The lowest BCUT2D eigenvalue weighted by atomic mass is 10.2. The monoisotopic (exact) mass is 406 g/mol. The standard InChI is InChI=1S/C17H15BrN2OS2/c1-11-2-5-13(6-3-11)22-9-8-16(21)20-17-19-14-7-4-12(18)10-15(14)23-17/h2-7,10H,8-9H2,1H3,(H,19,20,21). The van der Waals surface area contributed by atoms with Crippen molar-refractivity contribution in [3.8, 4) is 0 Å². The van der Waals surface area contributed by atoms with Crippen molar-refractivity contribution >= 4 is 60.3 Å². The number of nitrogens with zero attached hydrogens (tertiary/aromatic N) is 1. The summed E-state index contributed by atoms with van der Waals surface area (Å²) in [4.78, 5) is 17.7. The third-order valence-electron chi connectivity index (χ3n) is 3.22. The van der Waals surface area contributed by atoms with Gasteiger partial charge < -0.3 is 5.32 Å². The maximum atomic E-state index is 12.0. The zero-order chi connectivity index (χ0) is 16.2. The molecule has 3 aromatic rings. The molecule has 23 heavy (non-hydrogen) atoms. The molecule has 0 fully saturated rings. The number of hydrogen-bond acceptors (Lipinski definition) is 4. The summed E-state index contributed by atoms with van der Waals surface area (Å²) in [6.45, 7) is 2.07. The van der Waals surface area contributed by atoms with Crippen LogP contribution in [-0.4, -0.2) is 16.6 Å². The molecule has 1 heterocycles. The van der Waals surface area contributed by atoms with Gasteiger partial charge in [0.15, 0.2) is 5.13 Å². The topological polar surface area (TPSA) is 42.0 Å². The molecule has 1 amide bonds. The maximum absolute atomic E-state index is 12.0. The van der Waals surface area contributed by atoms with E-state index in [0.717, 1.165) is 20.4 Å². The van der Waals surface area contributed by atoms with Gasteiger partial charge >= 0.3 is 0 Å². The van der Waals surface area contributed by atoms with E-state index in [9.17, 15) is 4.79 Å². The highest BCUT2D eigenvalue weighted by Crippen LogP contribution is 2.28. The molecule has 0 bridgehead atoms. The van der Waals surface area contributed by atoms with Crippen molar-refractivity contribution in [3.63, 3.8) is 0 Å². The molecule has 6 heteroatoms. The second-order valence-corrected chi connectivity index (χ2v) is 8.21. The summed E-state index contributed by atoms with van der Waals surface area (Å²) in [6.07, 6.45) is 0.470. The molecule has 0 aliphatic heterocycles. The van der Waals surface area contributed by atoms with E-state index in [1.807, 2.05) is 18.2 Å². The minimum Gasteiger partial charge on any atom is -0.302 e. The van der Waals surface area contributed by atoms with Crippen LogP contribution in [0.2, 0.25) is 0 Å². The first kappa shape index (κ1) is 16.5. The van der Waals surface area contributed by atoms with Gasteiger partial charge in [-0.25, -0.2) is 4.98 Å². The van der Waals surface area contributed by atoms with Gasteiger partial charge in [0.1, 0.15) is 0 Å². The SMILES string of the molecule is Cc1ccc(SCCC(=O)Nc2nc3ccc(Br)cc3s2)cc1. The van der Waals surface area contributed by atoms with Crippen molar-refractivity contribution in [3.05, 3.63) is 52.5 Å². The fourth-order valence-electron chi connectivity index (χ4n) is 2.03. The molecule has 1 N–H and O–H groups in total. The average molecular weight is 407 g/mol. The van der Waals surface area contributed by atoms with Crippen LogP contribution in [-0.2, 0) is 4.79 Å². The largest absolute Gasteiger partial charge is 0.302 e. The minimum absolute atomic E-state index is 0.00253. The van der Waals surface area contributed by atoms with Gasteiger partial charge in [-0.3, -0.25) is 4.79 Å². The Morgan fingerprint density at radius 2 is 2.04 bits per heavy atom. The van der Waals surface area contributed by atoms with Crippen LogP contribution in [0.5, 0.6) is 0 Å². The first-order chi connectivity index (χ1) is 11.1. The molecule has 118 valence electrons. The molecular formula is C17H15BrN2OS2. The van der Waals surface area contributed by atoms with Gasteiger partial charge in [0.25, 0.3) is 0 Å². The Kier molecular flexibility index (Phi) is 5.35. The number of amides is 1. The number of carbonyl (C=O) groups is 1. The Morgan fingerprint density at radius 1 is 1.26 bits per heavy atom. The lowest BCUT2D eigenvalue weighted by molar-refractivity contribution is -0.115. The first-order valence-corrected chi connectivity index (χ1v) is 9.75. The van der Waals surface area contributed by atoms with E-state index in [2.05, 4.69) is 57.4 Å². The Morgan fingerprint density at radius 3 is 2.83 bits per heavy atom. The van der Waals surface area contributed by atoms with E-state index in [4.69, 9.17) is 0 Å². The van der Waals surface area contributed by atoms with Gasteiger partial charge in [0.05, 0.1) is 10.2 Å². The fourth-order valence-corrected chi connectivity index (χ4v) is 4.32. The number of aromatic nitrogens is 1. The third kappa shape index (κ3) is 4.56. The predicted molar refractivity (Wildman–Crippen MR) is 102 cm³/mol. The molecule has 0 unspecified atom stereocenters. The van der Waals surface area contributed by atoms with Gasteiger partial charge in [-0.15, -0.1) is 11.8 Å². The van der Waals surface area contributed by atoms with Crippen molar-refractivity contribution in [1.82, 2.24) is 4.98 Å². The zero-order valence-corrected chi connectivity index (χ0v) is 15.7. The summed E-state index contributed by atoms with van der Waals surface area (Å²) in [5.74, 6) is 0.758. The second kappa shape index (κ2) is 7.47. The minimum atomic E-state index is 0.00253. The van der Waals surface area contributed by atoms with Crippen molar-refractivity contribution in [2.24, 2.45) is 0 Å². The molecule has 0 atom stereocenters. The van der Waals surface area contributed by atoms with Crippen LogP contribution in [0, 0.1) is 6.92 Å². The number of fused-ring (bicyclic) bond motifs is 1. The number of thioether (sulfide) groups is 1. The Labute approximate surface area is 151 Å². The number of benzene rings is 2. The van der Waals surface area contributed by atoms with Crippen LogP contribution in [0.15, 0.2) is 51.8 Å². The number of thiazole rings is 1. The summed E-state index contributed by atoms with van der Waals surface area (Å²) in [5.41, 5.74) is 2.15. The van der Waals surface area contributed by atoms with Gasteiger partial charge in [0.2, 0.25) is 5.91 Å². The number of rotatable bonds is 5. The molecule has 0 radical (unpaired) electrons. The molecule has 0 saturated carbocycles. The summed E-state index contributed by atoms with van der Waals surface area (Å²) in [5, 5.41) is 3.54. The molecule has 0 spiro atoms. The molecular weight excluding hydrogens is 392 g/mol. The normalized spacial score (nSPS) is 10.9. The Hall–Kier alpha value is -1.37. The van der Waals surface area contributed by atoms with Crippen LogP contribution < -0.4 is 5.32 Å². The number of nitrogens with one attached hydrogen (secondary N) is 1. The van der Waals surface area contributed by atoms with E-state index >= 15 is 0 Å². The number of aryl methyl sites for hydroxylation is 1. The Bertz CT molecular complexity index is 830. The number of anilines is 1. The summed E-state index contributed by atoms with van der Waals surface area (Å²) >= 11 is 6.62. The van der Waals surface area contributed by atoms with E-state index in [0.29, 0.717) is 11.6 Å². The van der Waals surface area contributed by atoms with E-state index in [1.165, 1.54) is 21.8 Å². The number of halogens is 1. The highest BCUT2D eigenvalue weighted by atomic mass is 79.9. The van der Waals surface area contributed by atoms with Crippen LogP contribution in [0.4, 0.5) is 5.13 Å². The molecule has 3 rings (SSSR count). The smallest absolute Gasteiger partial charge is 0.226 e. The van der Waals surface area contributed by atoms with Crippen LogP contribution in [0.3, 0.4) is 0 Å². The summed E-state index contributed by atoms with van der Waals surface area (Å²) in [7, 11) is 0. The molecule has 0 aliphatic rings. The molecule has 2 aromatic carbocycles. The van der Waals surface area contributed by atoms with Crippen LogP contribution in [0.25, 0.3) is 10.2 Å². The third-order valence-corrected chi connectivity index (χ3v) is 5.66. The lowest BCUT2D eigenvalue weighted by Crippen LogP contribution is -2.11. The van der Waals surface area contributed by atoms with Crippen molar-refractivity contribution in [1.29, 1.82) is 0 Å². The van der Waals surface area contributed by atoms with Crippen molar-refractivity contribution in [2.75, 3.05) is 11.1 Å². The van der Waals surface area contributed by atoms with E-state index in [1.54, 1.807) is 11.8 Å². The molecule has 3 nitrogen and oxygen atoms in total. The van der Waals surface area contributed by atoms with Crippen LogP contribution >= 0.6 is 39.0 Å². The van der Waals surface area contributed by atoms with Gasteiger partial charge in [0, 0.05) is 21.5 Å². The van der Waals surface area contributed by atoms with E-state index in [-0.39, 0.29) is 5.91 Å². The van der Waals surface area contributed by atoms with Gasteiger partial charge in [-0.2, -0.15) is 0 Å². The van der Waals surface area contributed by atoms with Crippen molar-refractivity contribution < 1.29 is 4.79 Å². The highest BCUT2D eigenvalue weighted by Gasteiger charge is 2.08. The molecule has 1 aromatic heterocycles. The Balaban J connectivity index is 1.53. The average Bonchev–Trinajstić information content (AvgIpc) is 2.90. The second-order valence-electron chi connectivity index (χ2n) is 5.09. The molecule has 0 aliphatic carbocycles. The zero-order valence-electron chi connectivity index (χ0n) is 12.5. The van der Waals surface area contributed by atoms with Crippen LogP contribution in [0.1, 0.15) is 12.0 Å². The molecule has 0 saturated heterocycles. The quantitative estimate of drug-likeness (QED) is 0.569. The summed E-state index contributed by atoms with van der Waals surface area (Å²) in [6, 6.07) is 14.2. The number of carbonyl (C=O) groups excluding carboxylic acids is 1. The first-order valence-electron chi connectivity index (χ1n) is 7.15. The van der Waals surface area contributed by atoms with Gasteiger partial charge in [-0.05, 0) is 37.3 Å². The highest BCUT2D eigenvalue weighted by molar-refractivity contribution is 9.10. The maximum Gasteiger partial charge on any atom is 0.226 e. The van der Waals surface area contributed by atoms with E-state index < -0.39 is 0 Å². The van der Waals surface area contributed by atoms with Crippen molar-refractivity contribution in [2.45, 2.75) is 18.2 Å². The summed E-state index contributed by atoms with van der Waals surface area (Å²) < 4.78 is 2.07. The predicted octanol–water partition coefficient (Wildman–Crippen LogP) is 5.49. The number of hydrogen-bond donors (Lipinski definition) is 1. The lowest BCUT2D eigenvalue weighted by Gasteiger charge is -2.02. The van der Waals surface area contributed by atoms with Gasteiger partial charge in [-0.1, -0.05) is 45.0 Å².